The molecule has 0 aromatic rings. The molecule has 1 N–H and O–H groups in total. The molecule has 86 valence electrons. The molecule has 1 aliphatic rings. The van der Waals surface area contributed by atoms with Gasteiger partial charge in [-0.2, -0.15) is 0 Å². The zero-order valence-corrected chi connectivity index (χ0v) is 9.32. The van der Waals surface area contributed by atoms with Crippen LogP contribution in [0.1, 0.15) is 20.8 Å². The van der Waals surface area contributed by atoms with Crippen molar-refractivity contribution in [3.8, 4) is 0 Å². The number of carbonyl (C=O) groups is 2. The second kappa shape index (κ2) is 4.18. The molecule has 1 fully saturated rings. The van der Waals surface area contributed by atoms with Crippen molar-refractivity contribution in [2.24, 2.45) is 5.41 Å². The minimum atomic E-state index is -0.522. The third-order valence-electron chi connectivity index (χ3n) is 2.32. The Kier molecular flexibility index (Phi) is 3.34. The van der Waals surface area contributed by atoms with Crippen molar-refractivity contribution in [2.75, 3.05) is 19.7 Å². The molecule has 0 spiro atoms. The summed E-state index contributed by atoms with van der Waals surface area (Å²) in [5, 5.41) is 8.81. The molecule has 1 unspecified atom stereocenters. The van der Waals surface area contributed by atoms with E-state index in [-0.39, 0.29) is 25.5 Å². The number of Topliss-reactive ketones (excluding diaryl/α,β-unsaturated/α-hetero) is 1. The van der Waals surface area contributed by atoms with Gasteiger partial charge in [0.15, 0.2) is 5.78 Å². The first-order chi connectivity index (χ1) is 6.84. The Hall–Kier alpha value is -1.10. The molecule has 1 aliphatic heterocycles. The zero-order chi connectivity index (χ0) is 11.6. The van der Waals surface area contributed by atoms with E-state index in [9.17, 15) is 9.59 Å². The van der Waals surface area contributed by atoms with Gasteiger partial charge in [-0.15, -0.1) is 0 Å². The van der Waals surface area contributed by atoms with Crippen molar-refractivity contribution < 1.29 is 19.4 Å². The third-order valence-corrected chi connectivity index (χ3v) is 2.32. The van der Waals surface area contributed by atoms with Crippen molar-refractivity contribution in [2.45, 2.75) is 26.9 Å². The van der Waals surface area contributed by atoms with Crippen LogP contribution < -0.4 is 0 Å². The van der Waals surface area contributed by atoms with E-state index in [4.69, 9.17) is 9.84 Å². The number of amides is 1. The van der Waals surface area contributed by atoms with Gasteiger partial charge in [0.2, 0.25) is 0 Å². The third kappa shape index (κ3) is 2.92. The minimum Gasteiger partial charge on any atom is -0.442 e. The summed E-state index contributed by atoms with van der Waals surface area (Å²) in [6.07, 6.45) is -1.02. The smallest absolute Gasteiger partial charge is 0.410 e. The van der Waals surface area contributed by atoms with E-state index in [2.05, 4.69) is 0 Å². The van der Waals surface area contributed by atoms with Crippen LogP contribution in [0.3, 0.4) is 0 Å². The lowest BCUT2D eigenvalue weighted by molar-refractivity contribution is -0.126. The fourth-order valence-electron chi connectivity index (χ4n) is 1.21. The summed E-state index contributed by atoms with van der Waals surface area (Å²) in [6, 6.07) is 0. The monoisotopic (exact) mass is 215 g/mol. The largest absolute Gasteiger partial charge is 0.442 e. The Balaban J connectivity index is 2.53. The highest BCUT2D eigenvalue weighted by Gasteiger charge is 2.34. The Morgan fingerprint density at radius 1 is 1.60 bits per heavy atom. The lowest BCUT2D eigenvalue weighted by atomic mass is 9.90. The van der Waals surface area contributed by atoms with E-state index in [1.54, 1.807) is 20.8 Å². The van der Waals surface area contributed by atoms with E-state index >= 15 is 0 Å². The maximum Gasteiger partial charge on any atom is 0.410 e. The molecular formula is C10H17NO4. The molecule has 1 amide bonds. The number of ketones is 1. The van der Waals surface area contributed by atoms with Crippen LogP contribution >= 0.6 is 0 Å². The molecule has 0 saturated carbocycles. The molecule has 1 rings (SSSR count). The number of aliphatic hydroxyl groups excluding tert-OH is 1. The molecule has 1 saturated heterocycles. The normalized spacial score (nSPS) is 21.7. The highest BCUT2D eigenvalue weighted by molar-refractivity contribution is 5.88. The molecule has 15 heavy (non-hydrogen) atoms. The van der Waals surface area contributed by atoms with Crippen molar-refractivity contribution in [1.82, 2.24) is 4.90 Å². The van der Waals surface area contributed by atoms with Gasteiger partial charge in [0, 0.05) is 5.41 Å². The quantitative estimate of drug-likeness (QED) is 0.740. The van der Waals surface area contributed by atoms with Gasteiger partial charge < -0.3 is 9.84 Å². The SMILES string of the molecule is CC(C)(C)C(=O)CN1CC(CO)OC1=O. The van der Waals surface area contributed by atoms with Crippen molar-refractivity contribution in [1.29, 1.82) is 0 Å². The van der Waals surface area contributed by atoms with E-state index in [0.717, 1.165) is 0 Å². The van der Waals surface area contributed by atoms with E-state index in [1.165, 1.54) is 4.90 Å². The van der Waals surface area contributed by atoms with Gasteiger partial charge in [-0.25, -0.2) is 4.79 Å². The molecule has 1 atom stereocenters. The highest BCUT2D eigenvalue weighted by Crippen LogP contribution is 2.18. The van der Waals surface area contributed by atoms with Crippen LogP contribution in [-0.2, 0) is 9.53 Å². The Morgan fingerprint density at radius 2 is 2.20 bits per heavy atom. The van der Waals surface area contributed by atoms with Gasteiger partial charge in [-0.05, 0) is 0 Å². The maximum absolute atomic E-state index is 11.6. The minimum absolute atomic E-state index is 0.0157. The number of rotatable bonds is 3. The summed E-state index contributed by atoms with van der Waals surface area (Å²) in [5.41, 5.74) is -0.461. The number of hydrogen-bond acceptors (Lipinski definition) is 4. The molecule has 0 bridgehead atoms. The van der Waals surface area contributed by atoms with E-state index in [1.807, 2.05) is 0 Å². The van der Waals surface area contributed by atoms with Gasteiger partial charge in [0.1, 0.15) is 6.10 Å². The van der Waals surface area contributed by atoms with Gasteiger partial charge in [-0.3, -0.25) is 9.69 Å². The molecule has 0 aliphatic carbocycles. The molecule has 0 radical (unpaired) electrons. The van der Waals surface area contributed by atoms with Crippen molar-refractivity contribution in [3.05, 3.63) is 0 Å². The summed E-state index contributed by atoms with van der Waals surface area (Å²) in [6.45, 7) is 5.56. The van der Waals surface area contributed by atoms with Crippen LogP contribution in [0.15, 0.2) is 0 Å². The fraction of sp³-hybridized carbons (Fsp3) is 0.800. The predicted octanol–water partition coefficient (Wildman–Crippen LogP) is 0.415. The number of cyclic esters (lactones) is 1. The van der Waals surface area contributed by atoms with Gasteiger partial charge in [0.25, 0.3) is 0 Å². The number of aliphatic hydroxyl groups is 1. The lowest BCUT2D eigenvalue weighted by Gasteiger charge is -2.20. The molecule has 1 heterocycles. The average molecular weight is 215 g/mol. The second-order valence-corrected chi connectivity index (χ2v) is 4.74. The molecule has 5 heteroatoms. The topological polar surface area (TPSA) is 66.8 Å². The summed E-state index contributed by atoms with van der Waals surface area (Å²) in [4.78, 5) is 24.2. The average Bonchev–Trinajstić information content (AvgIpc) is 2.45. The number of ether oxygens (including phenoxy) is 1. The molecular weight excluding hydrogens is 198 g/mol. The predicted molar refractivity (Wildman–Crippen MR) is 53.4 cm³/mol. The Labute approximate surface area is 89.0 Å². The van der Waals surface area contributed by atoms with Crippen molar-refractivity contribution >= 4 is 11.9 Å². The van der Waals surface area contributed by atoms with Crippen LogP contribution in [-0.4, -0.2) is 47.7 Å². The summed E-state index contributed by atoms with van der Waals surface area (Å²) < 4.78 is 4.82. The Bertz CT molecular complexity index is 269. The second-order valence-electron chi connectivity index (χ2n) is 4.74. The maximum atomic E-state index is 11.6. The van der Waals surface area contributed by atoms with Gasteiger partial charge in [0.05, 0.1) is 19.7 Å². The van der Waals surface area contributed by atoms with Crippen LogP contribution in [0.4, 0.5) is 4.79 Å². The molecule has 0 aromatic heterocycles. The summed E-state index contributed by atoms with van der Waals surface area (Å²) in [7, 11) is 0. The first-order valence-corrected chi connectivity index (χ1v) is 4.94. The van der Waals surface area contributed by atoms with Crippen molar-refractivity contribution in [3.63, 3.8) is 0 Å². The van der Waals surface area contributed by atoms with Crippen LogP contribution in [0, 0.1) is 5.41 Å². The van der Waals surface area contributed by atoms with Crippen LogP contribution in [0.5, 0.6) is 0 Å². The van der Waals surface area contributed by atoms with E-state index < -0.39 is 17.6 Å². The fourth-order valence-corrected chi connectivity index (χ4v) is 1.21. The van der Waals surface area contributed by atoms with Gasteiger partial charge in [-0.1, -0.05) is 20.8 Å². The Morgan fingerprint density at radius 3 is 2.60 bits per heavy atom. The summed E-state index contributed by atoms with van der Waals surface area (Å²) in [5.74, 6) is -0.0157. The van der Waals surface area contributed by atoms with E-state index in [0.29, 0.717) is 0 Å². The van der Waals surface area contributed by atoms with Crippen LogP contribution in [0.25, 0.3) is 0 Å². The molecule has 0 aromatic carbocycles. The standard InChI is InChI=1S/C10H17NO4/c1-10(2,3)8(13)5-11-4-7(6-12)15-9(11)14/h7,12H,4-6H2,1-3H3. The number of nitrogens with zero attached hydrogens (tertiary/aromatic N) is 1. The highest BCUT2D eigenvalue weighted by atomic mass is 16.6. The molecule has 5 nitrogen and oxygen atoms in total. The number of hydrogen-bond donors (Lipinski definition) is 1. The zero-order valence-electron chi connectivity index (χ0n) is 9.32. The summed E-state index contributed by atoms with van der Waals surface area (Å²) >= 11 is 0. The number of carbonyl (C=O) groups excluding carboxylic acids is 2. The first kappa shape index (κ1) is 12.0. The first-order valence-electron chi connectivity index (χ1n) is 4.94. The van der Waals surface area contributed by atoms with Gasteiger partial charge >= 0.3 is 6.09 Å². The van der Waals surface area contributed by atoms with Crippen LogP contribution in [0.2, 0.25) is 0 Å². The lowest BCUT2D eigenvalue weighted by Crippen LogP contribution is -2.36.